The molecule has 0 unspecified atom stereocenters. The van der Waals surface area contributed by atoms with Crippen LogP contribution < -0.4 is 14.8 Å². The van der Waals surface area contributed by atoms with Crippen molar-refractivity contribution in [1.82, 2.24) is 5.32 Å². The van der Waals surface area contributed by atoms with Crippen LogP contribution in [0.3, 0.4) is 0 Å². The van der Waals surface area contributed by atoms with Gasteiger partial charge < -0.3 is 14.8 Å². The summed E-state index contributed by atoms with van der Waals surface area (Å²) in [6.07, 6.45) is 3.65. The molecule has 1 N–H and O–H groups in total. The lowest BCUT2D eigenvalue weighted by Crippen LogP contribution is -2.25. The molecule has 0 bridgehead atoms. The summed E-state index contributed by atoms with van der Waals surface area (Å²) >= 11 is 0. The number of likely N-dealkylation sites (N-methyl/N-ethyl adjacent to an activating group) is 1. The smallest absolute Gasteiger partial charge is 0.176 e. The van der Waals surface area contributed by atoms with Crippen molar-refractivity contribution in [2.75, 3.05) is 20.7 Å². The van der Waals surface area contributed by atoms with Crippen LogP contribution in [0.15, 0.2) is 18.2 Å². The number of hydrogen-bond donors (Lipinski definition) is 1. The van der Waals surface area contributed by atoms with Crippen LogP contribution in [-0.2, 0) is 0 Å². The maximum absolute atomic E-state index is 11.8. The van der Waals surface area contributed by atoms with Gasteiger partial charge in [0.05, 0.1) is 19.8 Å². The summed E-state index contributed by atoms with van der Waals surface area (Å²) in [6.45, 7) is 0.329. The van der Waals surface area contributed by atoms with E-state index in [0.717, 1.165) is 12.8 Å². The Bertz CT molecular complexity index is 427. The SMILES string of the molecule is CNCC(=O)c1ccc(OC)c(OC2CCC2)c1. The van der Waals surface area contributed by atoms with Gasteiger partial charge in [-0.05, 0) is 44.5 Å². The van der Waals surface area contributed by atoms with E-state index in [0.29, 0.717) is 23.6 Å². The van der Waals surface area contributed by atoms with Gasteiger partial charge in [0.25, 0.3) is 0 Å². The van der Waals surface area contributed by atoms with Crippen LogP contribution in [0.5, 0.6) is 11.5 Å². The molecule has 0 radical (unpaired) electrons. The lowest BCUT2D eigenvalue weighted by atomic mass is 9.96. The number of hydrogen-bond acceptors (Lipinski definition) is 4. The minimum Gasteiger partial charge on any atom is -0.493 e. The van der Waals surface area contributed by atoms with Gasteiger partial charge >= 0.3 is 0 Å². The van der Waals surface area contributed by atoms with Crippen molar-refractivity contribution < 1.29 is 14.3 Å². The third-order valence-electron chi connectivity index (χ3n) is 3.17. The van der Waals surface area contributed by atoms with Gasteiger partial charge in [-0.2, -0.15) is 0 Å². The fraction of sp³-hybridized carbons (Fsp3) is 0.500. The Morgan fingerprint density at radius 2 is 2.17 bits per heavy atom. The molecule has 1 saturated carbocycles. The van der Waals surface area contributed by atoms with Crippen LogP contribution in [0.25, 0.3) is 0 Å². The monoisotopic (exact) mass is 249 g/mol. The first-order valence-corrected chi connectivity index (χ1v) is 6.27. The van der Waals surface area contributed by atoms with Gasteiger partial charge in [0, 0.05) is 5.56 Å². The molecule has 1 aromatic carbocycles. The molecule has 0 spiro atoms. The number of rotatable bonds is 6. The second kappa shape index (κ2) is 5.87. The second-order valence-electron chi connectivity index (χ2n) is 4.49. The van der Waals surface area contributed by atoms with E-state index in [-0.39, 0.29) is 11.9 Å². The fourth-order valence-electron chi connectivity index (χ4n) is 1.87. The summed E-state index contributed by atoms with van der Waals surface area (Å²) in [6, 6.07) is 5.33. The summed E-state index contributed by atoms with van der Waals surface area (Å²) in [7, 11) is 3.37. The largest absolute Gasteiger partial charge is 0.493 e. The number of carbonyl (C=O) groups is 1. The quantitative estimate of drug-likeness (QED) is 0.784. The normalized spacial score (nSPS) is 15.0. The number of carbonyl (C=O) groups excluding carboxylic acids is 1. The summed E-state index contributed by atoms with van der Waals surface area (Å²) in [4.78, 5) is 11.8. The average molecular weight is 249 g/mol. The van der Waals surface area contributed by atoms with Gasteiger partial charge in [-0.15, -0.1) is 0 Å². The Hall–Kier alpha value is -1.55. The summed E-state index contributed by atoms with van der Waals surface area (Å²) < 4.78 is 11.1. The molecule has 1 aliphatic rings. The summed E-state index contributed by atoms with van der Waals surface area (Å²) in [5.41, 5.74) is 0.652. The van der Waals surface area contributed by atoms with Gasteiger partial charge in [-0.1, -0.05) is 0 Å². The van der Waals surface area contributed by atoms with Crippen molar-refractivity contribution in [3.05, 3.63) is 23.8 Å². The van der Waals surface area contributed by atoms with Crippen LogP contribution in [0, 0.1) is 0 Å². The maximum Gasteiger partial charge on any atom is 0.176 e. The topological polar surface area (TPSA) is 47.6 Å². The highest BCUT2D eigenvalue weighted by atomic mass is 16.5. The maximum atomic E-state index is 11.8. The molecule has 0 heterocycles. The number of benzene rings is 1. The highest BCUT2D eigenvalue weighted by Gasteiger charge is 2.21. The third kappa shape index (κ3) is 2.82. The molecule has 98 valence electrons. The first-order valence-electron chi connectivity index (χ1n) is 6.27. The molecular weight excluding hydrogens is 230 g/mol. The standard InChI is InChI=1S/C14H19NO3/c1-15-9-12(16)10-6-7-13(17-2)14(8-10)18-11-4-3-5-11/h6-8,11,15H,3-5,9H2,1-2H3. The van der Waals surface area contributed by atoms with E-state index in [4.69, 9.17) is 9.47 Å². The fourth-order valence-corrected chi connectivity index (χ4v) is 1.87. The van der Waals surface area contributed by atoms with E-state index in [9.17, 15) is 4.79 Å². The first-order chi connectivity index (χ1) is 8.74. The molecular formula is C14H19NO3. The van der Waals surface area contributed by atoms with Crippen LogP contribution >= 0.6 is 0 Å². The second-order valence-corrected chi connectivity index (χ2v) is 4.49. The number of nitrogens with one attached hydrogen (secondary N) is 1. The van der Waals surface area contributed by atoms with Crippen LogP contribution in [0.1, 0.15) is 29.6 Å². The Kier molecular flexibility index (Phi) is 4.20. The number of ketones is 1. The third-order valence-corrected chi connectivity index (χ3v) is 3.17. The Balaban J connectivity index is 2.17. The van der Waals surface area contributed by atoms with Crippen LogP contribution in [0.2, 0.25) is 0 Å². The zero-order valence-electron chi connectivity index (χ0n) is 10.9. The van der Waals surface area contributed by atoms with Crippen molar-refractivity contribution in [3.63, 3.8) is 0 Å². The number of methoxy groups -OCH3 is 1. The lowest BCUT2D eigenvalue weighted by Gasteiger charge is -2.27. The lowest BCUT2D eigenvalue weighted by molar-refractivity contribution is 0.0988. The van der Waals surface area contributed by atoms with Gasteiger partial charge in [-0.3, -0.25) is 4.79 Å². The predicted octanol–water partition coefficient (Wildman–Crippen LogP) is 2.03. The molecule has 0 saturated heterocycles. The number of Topliss-reactive ketones (excluding diaryl/α,β-unsaturated/α-hetero) is 1. The van der Waals surface area contributed by atoms with E-state index in [1.54, 1.807) is 32.4 Å². The molecule has 1 aliphatic carbocycles. The van der Waals surface area contributed by atoms with E-state index < -0.39 is 0 Å². The zero-order chi connectivity index (χ0) is 13.0. The van der Waals surface area contributed by atoms with Crippen LogP contribution in [-0.4, -0.2) is 32.6 Å². The van der Waals surface area contributed by atoms with E-state index >= 15 is 0 Å². The molecule has 0 atom stereocenters. The minimum absolute atomic E-state index is 0.0543. The van der Waals surface area contributed by atoms with Crippen molar-refractivity contribution in [2.45, 2.75) is 25.4 Å². The van der Waals surface area contributed by atoms with Gasteiger partial charge in [0.2, 0.25) is 0 Å². The molecule has 0 amide bonds. The summed E-state index contributed by atoms with van der Waals surface area (Å²) in [5.74, 6) is 1.41. The molecule has 0 aromatic heterocycles. The Labute approximate surface area is 107 Å². The molecule has 4 nitrogen and oxygen atoms in total. The van der Waals surface area contributed by atoms with Crippen molar-refractivity contribution in [3.8, 4) is 11.5 Å². The highest BCUT2D eigenvalue weighted by molar-refractivity contribution is 5.98. The molecule has 1 fully saturated rings. The van der Waals surface area contributed by atoms with Gasteiger partial charge in [0.1, 0.15) is 0 Å². The molecule has 1 aromatic rings. The minimum atomic E-state index is 0.0543. The Morgan fingerprint density at radius 1 is 1.39 bits per heavy atom. The Morgan fingerprint density at radius 3 is 2.72 bits per heavy atom. The van der Waals surface area contributed by atoms with Crippen molar-refractivity contribution in [1.29, 1.82) is 0 Å². The van der Waals surface area contributed by atoms with Crippen molar-refractivity contribution in [2.24, 2.45) is 0 Å². The zero-order valence-corrected chi connectivity index (χ0v) is 10.9. The molecule has 2 rings (SSSR count). The van der Waals surface area contributed by atoms with E-state index in [1.807, 2.05) is 0 Å². The molecule has 18 heavy (non-hydrogen) atoms. The summed E-state index contributed by atoms with van der Waals surface area (Å²) in [5, 5.41) is 2.86. The molecule has 4 heteroatoms. The van der Waals surface area contributed by atoms with E-state index in [2.05, 4.69) is 5.32 Å². The van der Waals surface area contributed by atoms with Crippen molar-refractivity contribution >= 4 is 5.78 Å². The molecule has 0 aliphatic heterocycles. The first kappa shape index (κ1) is 12.9. The highest BCUT2D eigenvalue weighted by Crippen LogP contribution is 2.33. The van der Waals surface area contributed by atoms with E-state index in [1.165, 1.54) is 6.42 Å². The van der Waals surface area contributed by atoms with Gasteiger partial charge in [0.15, 0.2) is 17.3 Å². The van der Waals surface area contributed by atoms with Gasteiger partial charge in [-0.25, -0.2) is 0 Å². The number of ether oxygens (including phenoxy) is 2. The van der Waals surface area contributed by atoms with Crippen LogP contribution in [0.4, 0.5) is 0 Å². The predicted molar refractivity (Wildman–Crippen MR) is 69.5 cm³/mol. The average Bonchev–Trinajstić information content (AvgIpc) is 2.34.